The van der Waals surface area contributed by atoms with Gasteiger partial charge in [0, 0.05) is 11.8 Å². The van der Waals surface area contributed by atoms with Crippen LogP contribution in [0.4, 0.5) is 11.4 Å². The van der Waals surface area contributed by atoms with Gasteiger partial charge in [-0.2, -0.15) is 0 Å². The quantitative estimate of drug-likeness (QED) is 0.631. The number of rotatable bonds is 7. The van der Waals surface area contributed by atoms with Crippen LogP contribution in [0.25, 0.3) is 0 Å². The molecule has 1 heterocycles. The molecule has 3 rings (SSSR count). The third-order valence-corrected chi connectivity index (χ3v) is 5.87. The molecule has 2 N–H and O–H groups in total. The highest BCUT2D eigenvalue weighted by Crippen LogP contribution is 2.29. The van der Waals surface area contributed by atoms with Crippen molar-refractivity contribution in [2.75, 3.05) is 37.9 Å². The van der Waals surface area contributed by atoms with E-state index in [1.54, 1.807) is 43.5 Å². The third kappa shape index (κ3) is 6.03. The fourth-order valence-corrected chi connectivity index (χ4v) is 3.86. The number of hydrogen-bond acceptors (Lipinski definition) is 5. The molecule has 0 radical (unpaired) electrons. The summed E-state index contributed by atoms with van der Waals surface area (Å²) >= 11 is 12.0. The zero-order valence-corrected chi connectivity index (χ0v) is 18.9. The second-order valence-electron chi connectivity index (χ2n) is 7.21. The monoisotopic (exact) mass is 465 g/mol. The number of halogens is 2. The SMILES string of the molecule is COc1ccc(OC)c(NC(=O)CN2CCCCC2C(=O)Nc2ccc(Cl)c(Cl)c2)c1. The Labute approximate surface area is 191 Å². The minimum atomic E-state index is -0.416. The Morgan fingerprint density at radius 3 is 2.55 bits per heavy atom. The molecule has 7 nitrogen and oxygen atoms in total. The summed E-state index contributed by atoms with van der Waals surface area (Å²) in [5.41, 5.74) is 1.08. The van der Waals surface area contributed by atoms with Gasteiger partial charge in [-0.05, 0) is 49.7 Å². The normalized spacial score (nSPS) is 16.5. The van der Waals surface area contributed by atoms with Gasteiger partial charge in [0.2, 0.25) is 11.8 Å². The lowest BCUT2D eigenvalue weighted by Crippen LogP contribution is -2.49. The van der Waals surface area contributed by atoms with Gasteiger partial charge in [-0.3, -0.25) is 14.5 Å². The van der Waals surface area contributed by atoms with Gasteiger partial charge in [0.05, 0.1) is 42.5 Å². The molecular formula is C22H25Cl2N3O4. The van der Waals surface area contributed by atoms with Gasteiger partial charge in [0.1, 0.15) is 11.5 Å². The van der Waals surface area contributed by atoms with Gasteiger partial charge in [-0.1, -0.05) is 29.6 Å². The van der Waals surface area contributed by atoms with Crippen LogP contribution in [0.3, 0.4) is 0 Å². The van der Waals surface area contributed by atoms with Gasteiger partial charge in [0.15, 0.2) is 0 Å². The van der Waals surface area contributed by atoms with Gasteiger partial charge >= 0.3 is 0 Å². The van der Waals surface area contributed by atoms with Crippen LogP contribution in [0.2, 0.25) is 10.0 Å². The number of piperidine rings is 1. The van der Waals surface area contributed by atoms with Gasteiger partial charge in [0.25, 0.3) is 0 Å². The van der Waals surface area contributed by atoms with Crippen LogP contribution in [0, 0.1) is 0 Å². The van der Waals surface area contributed by atoms with Crippen molar-refractivity contribution in [3.63, 3.8) is 0 Å². The summed E-state index contributed by atoms with van der Waals surface area (Å²) in [6.45, 7) is 0.738. The summed E-state index contributed by atoms with van der Waals surface area (Å²) in [7, 11) is 3.09. The van der Waals surface area contributed by atoms with Crippen LogP contribution in [-0.2, 0) is 9.59 Å². The smallest absolute Gasteiger partial charge is 0.241 e. The second-order valence-corrected chi connectivity index (χ2v) is 8.03. The predicted octanol–water partition coefficient (Wildman–Crippen LogP) is 4.44. The van der Waals surface area contributed by atoms with E-state index in [1.165, 1.54) is 7.11 Å². The lowest BCUT2D eigenvalue weighted by atomic mass is 10.0. The Morgan fingerprint density at radius 1 is 1.03 bits per heavy atom. The van der Waals surface area contributed by atoms with Crippen molar-refractivity contribution in [2.24, 2.45) is 0 Å². The number of ether oxygens (including phenoxy) is 2. The molecule has 2 aromatic rings. The van der Waals surface area contributed by atoms with Crippen LogP contribution >= 0.6 is 23.2 Å². The number of carbonyl (C=O) groups excluding carboxylic acids is 2. The average molecular weight is 466 g/mol. The molecule has 0 aliphatic carbocycles. The van der Waals surface area contributed by atoms with Crippen LogP contribution in [-0.4, -0.2) is 50.1 Å². The summed E-state index contributed by atoms with van der Waals surface area (Å²) in [5, 5.41) is 6.52. The molecule has 2 amide bonds. The number of hydrogen-bond donors (Lipinski definition) is 2. The molecule has 1 atom stereocenters. The molecule has 0 spiro atoms. The lowest BCUT2D eigenvalue weighted by molar-refractivity contribution is -0.124. The van der Waals surface area contributed by atoms with Crippen LogP contribution in [0.15, 0.2) is 36.4 Å². The van der Waals surface area contributed by atoms with Crippen molar-refractivity contribution >= 4 is 46.4 Å². The number of methoxy groups -OCH3 is 2. The van der Waals surface area contributed by atoms with Gasteiger partial charge < -0.3 is 20.1 Å². The predicted molar refractivity (Wildman–Crippen MR) is 122 cm³/mol. The topological polar surface area (TPSA) is 79.9 Å². The van der Waals surface area contributed by atoms with Crippen molar-refractivity contribution in [3.05, 3.63) is 46.4 Å². The van der Waals surface area contributed by atoms with E-state index in [4.69, 9.17) is 32.7 Å². The molecule has 0 bridgehead atoms. The van der Waals surface area contributed by atoms with E-state index in [0.29, 0.717) is 45.9 Å². The Bertz CT molecular complexity index is 954. The fourth-order valence-electron chi connectivity index (χ4n) is 3.56. The molecule has 1 fully saturated rings. The fraction of sp³-hybridized carbons (Fsp3) is 0.364. The number of nitrogens with zero attached hydrogens (tertiary/aromatic N) is 1. The minimum Gasteiger partial charge on any atom is -0.497 e. The van der Waals surface area contributed by atoms with Crippen LogP contribution < -0.4 is 20.1 Å². The highest BCUT2D eigenvalue weighted by molar-refractivity contribution is 6.42. The average Bonchev–Trinajstić information content (AvgIpc) is 2.76. The Balaban J connectivity index is 1.67. The van der Waals surface area contributed by atoms with Gasteiger partial charge in [-0.15, -0.1) is 0 Å². The summed E-state index contributed by atoms with van der Waals surface area (Å²) < 4.78 is 10.5. The second kappa shape index (κ2) is 10.7. The Morgan fingerprint density at radius 2 is 1.84 bits per heavy atom. The van der Waals surface area contributed by atoms with Crippen molar-refractivity contribution in [2.45, 2.75) is 25.3 Å². The van der Waals surface area contributed by atoms with Crippen molar-refractivity contribution in [3.8, 4) is 11.5 Å². The van der Waals surface area contributed by atoms with Crippen LogP contribution in [0.1, 0.15) is 19.3 Å². The molecule has 0 saturated carbocycles. The maximum absolute atomic E-state index is 12.9. The number of likely N-dealkylation sites (tertiary alicyclic amines) is 1. The summed E-state index contributed by atoms with van der Waals surface area (Å²) in [5.74, 6) is 0.722. The number of nitrogens with one attached hydrogen (secondary N) is 2. The molecule has 0 aromatic heterocycles. The van der Waals surface area contributed by atoms with E-state index in [2.05, 4.69) is 10.6 Å². The molecule has 9 heteroatoms. The van der Waals surface area contributed by atoms with E-state index < -0.39 is 6.04 Å². The molecule has 1 aliphatic heterocycles. The maximum Gasteiger partial charge on any atom is 0.241 e. The first-order valence-electron chi connectivity index (χ1n) is 9.93. The maximum atomic E-state index is 12.9. The Kier molecular flexibility index (Phi) is 8.01. The molecule has 1 unspecified atom stereocenters. The zero-order chi connectivity index (χ0) is 22.4. The van der Waals surface area contributed by atoms with Crippen molar-refractivity contribution < 1.29 is 19.1 Å². The lowest BCUT2D eigenvalue weighted by Gasteiger charge is -2.34. The minimum absolute atomic E-state index is 0.0832. The van der Waals surface area contributed by atoms with E-state index in [1.807, 2.05) is 4.90 Å². The summed E-state index contributed by atoms with van der Waals surface area (Å²) in [4.78, 5) is 27.5. The number of amides is 2. The van der Waals surface area contributed by atoms with Crippen molar-refractivity contribution in [1.29, 1.82) is 0 Å². The molecule has 2 aromatic carbocycles. The van der Waals surface area contributed by atoms with E-state index in [0.717, 1.165) is 12.8 Å². The first-order valence-corrected chi connectivity index (χ1v) is 10.7. The molecule has 1 saturated heterocycles. The largest absolute Gasteiger partial charge is 0.497 e. The van der Waals surface area contributed by atoms with E-state index in [-0.39, 0.29) is 18.4 Å². The van der Waals surface area contributed by atoms with Crippen molar-refractivity contribution in [1.82, 2.24) is 4.90 Å². The first-order chi connectivity index (χ1) is 14.9. The van der Waals surface area contributed by atoms with E-state index >= 15 is 0 Å². The number of benzene rings is 2. The Hall–Kier alpha value is -2.48. The third-order valence-electron chi connectivity index (χ3n) is 5.13. The highest BCUT2D eigenvalue weighted by Gasteiger charge is 2.30. The van der Waals surface area contributed by atoms with Crippen LogP contribution in [0.5, 0.6) is 11.5 Å². The summed E-state index contributed by atoms with van der Waals surface area (Å²) in [6, 6.07) is 9.69. The van der Waals surface area contributed by atoms with Gasteiger partial charge in [-0.25, -0.2) is 0 Å². The number of carbonyl (C=O) groups is 2. The molecule has 31 heavy (non-hydrogen) atoms. The molecule has 1 aliphatic rings. The highest BCUT2D eigenvalue weighted by atomic mass is 35.5. The van der Waals surface area contributed by atoms with E-state index in [9.17, 15) is 9.59 Å². The molecular weight excluding hydrogens is 441 g/mol. The molecule has 166 valence electrons. The summed E-state index contributed by atoms with van der Waals surface area (Å²) in [6.07, 6.45) is 2.51. The standard InChI is InChI=1S/C22H25Cl2N3O4/c1-30-15-7-9-20(31-2)18(12-15)26-21(28)13-27-10-4-3-5-19(27)22(29)25-14-6-8-16(23)17(24)11-14/h6-9,11-12,19H,3-5,10,13H2,1-2H3,(H,25,29)(H,26,28). The zero-order valence-electron chi connectivity index (χ0n) is 17.4. The first kappa shape index (κ1) is 23.2. The number of anilines is 2.